The van der Waals surface area contributed by atoms with Crippen molar-refractivity contribution in [3.8, 4) is 5.75 Å². The van der Waals surface area contributed by atoms with Crippen LogP contribution in [-0.4, -0.2) is 53.0 Å². The highest BCUT2D eigenvalue weighted by atomic mass is 16.3. The van der Waals surface area contributed by atoms with Crippen molar-refractivity contribution in [2.75, 3.05) is 31.5 Å². The lowest BCUT2D eigenvalue weighted by Crippen LogP contribution is -2.51. The lowest BCUT2D eigenvalue weighted by Gasteiger charge is -2.34. The van der Waals surface area contributed by atoms with E-state index in [1.165, 1.54) is 11.6 Å². The highest BCUT2D eigenvalue weighted by molar-refractivity contribution is 5.97. The van der Waals surface area contributed by atoms with Crippen LogP contribution in [0.2, 0.25) is 0 Å². The van der Waals surface area contributed by atoms with Crippen LogP contribution in [0.4, 0.5) is 10.5 Å². The molecule has 0 atom stereocenters. The highest BCUT2D eigenvalue weighted by Gasteiger charge is 2.26. The average Bonchev–Trinajstić information content (AvgIpc) is 2.68. The number of amides is 3. The van der Waals surface area contributed by atoms with Crippen molar-refractivity contribution in [2.45, 2.75) is 19.8 Å². The fraction of sp³-hybridized carbons (Fsp3) is 0.333. The molecule has 0 bridgehead atoms. The van der Waals surface area contributed by atoms with Crippen molar-refractivity contribution in [2.24, 2.45) is 0 Å². The van der Waals surface area contributed by atoms with Crippen LogP contribution >= 0.6 is 0 Å². The number of urea groups is 1. The molecule has 142 valence electrons. The monoisotopic (exact) mass is 367 g/mol. The Hall–Kier alpha value is -3.02. The van der Waals surface area contributed by atoms with Gasteiger partial charge in [0.05, 0.1) is 5.56 Å². The topological polar surface area (TPSA) is 72.9 Å². The third-order valence-electron chi connectivity index (χ3n) is 4.82. The summed E-state index contributed by atoms with van der Waals surface area (Å²) in [6, 6.07) is 14.2. The van der Waals surface area contributed by atoms with Crippen LogP contribution in [0.25, 0.3) is 0 Å². The number of hydrogen-bond acceptors (Lipinski definition) is 3. The summed E-state index contributed by atoms with van der Waals surface area (Å²) < 4.78 is 0. The Labute approximate surface area is 159 Å². The van der Waals surface area contributed by atoms with Crippen molar-refractivity contribution in [1.82, 2.24) is 9.80 Å². The van der Waals surface area contributed by atoms with Crippen LogP contribution in [0.15, 0.2) is 48.5 Å². The van der Waals surface area contributed by atoms with E-state index in [2.05, 4.69) is 19.2 Å². The minimum atomic E-state index is -0.211. The van der Waals surface area contributed by atoms with E-state index in [4.69, 9.17) is 0 Å². The first-order valence-electron chi connectivity index (χ1n) is 9.19. The van der Waals surface area contributed by atoms with Gasteiger partial charge in [0, 0.05) is 31.9 Å². The van der Waals surface area contributed by atoms with Gasteiger partial charge >= 0.3 is 6.03 Å². The fourth-order valence-electron chi connectivity index (χ4n) is 3.09. The SMILES string of the molecule is CC(C)c1ccc(NC(=O)N2CCN(C(=O)c3ccccc3O)CC2)cc1. The molecule has 0 aliphatic carbocycles. The summed E-state index contributed by atoms with van der Waals surface area (Å²) in [4.78, 5) is 28.3. The van der Waals surface area contributed by atoms with E-state index in [-0.39, 0.29) is 17.7 Å². The molecule has 3 amide bonds. The predicted octanol–water partition coefficient (Wildman–Crippen LogP) is 3.51. The maximum Gasteiger partial charge on any atom is 0.321 e. The summed E-state index contributed by atoms with van der Waals surface area (Å²) in [6.45, 7) is 6.04. The van der Waals surface area contributed by atoms with Gasteiger partial charge in [-0.2, -0.15) is 0 Å². The van der Waals surface area contributed by atoms with Crippen LogP contribution in [0, 0.1) is 0 Å². The number of piperazine rings is 1. The Morgan fingerprint density at radius 3 is 2.11 bits per heavy atom. The summed E-state index contributed by atoms with van der Waals surface area (Å²) in [7, 11) is 0. The molecule has 2 aromatic rings. The summed E-state index contributed by atoms with van der Waals surface area (Å²) in [5, 5.41) is 12.8. The Balaban J connectivity index is 1.55. The number of rotatable bonds is 3. The number of carbonyl (C=O) groups is 2. The van der Waals surface area contributed by atoms with E-state index < -0.39 is 0 Å². The van der Waals surface area contributed by atoms with E-state index in [9.17, 15) is 14.7 Å². The first kappa shape index (κ1) is 18.8. The van der Waals surface area contributed by atoms with Crippen molar-refractivity contribution in [3.05, 3.63) is 59.7 Å². The Morgan fingerprint density at radius 1 is 0.926 bits per heavy atom. The molecule has 1 fully saturated rings. The fourth-order valence-corrected chi connectivity index (χ4v) is 3.09. The van der Waals surface area contributed by atoms with Gasteiger partial charge in [0.2, 0.25) is 0 Å². The third kappa shape index (κ3) is 4.39. The number of nitrogens with zero attached hydrogens (tertiary/aromatic N) is 2. The number of benzene rings is 2. The molecule has 1 aliphatic rings. The van der Waals surface area contributed by atoms with Crippen molar-refractivity contribution < 1.29 is 14.7 Å². The molecule has 0 unspecified atom stereocenters. The largest absolute Gasteiger partial charge is 0.507 e. The molecule has 1 heterocycles. The summed E-state index contributed by atoms with van der Waals surface area (Å²) in [5.74, 6) is 0.217. The second-order valence-electron chi connectivity index (χ2n) is 7.00. The smallest absolute Gasteiger partial charge is 0.321 e. The van der Waals surface area contributed by atoms with Crippen LogP contribution in [0.5, 0.6) is 5.75 Å². The van der Waals surface area contributed by atoms with Gasteiger partial charge in [-0.15, -0.1) is 0 Å². The van der Waals surface area contributed by atoms with E-state index in [0.29, 0.717) is 37.7 Å². The van der Waals surface area contributed by atoms with Crippen molar-refractivity contribution >= 4 is 17.6 Å². The zero-order chi connectivity index (χ0) is 19.4. The van der Waals surface area contributed by atoms with E-state index in [0.717, 1.165) is 5.69 Å². The van der Waals surface area contributed by atoms with E-state index >= 15 is 0 Å². The first-order valence-corrected chi connectivity index (χ1v) is 9.19. The minimum Gasteiger partial charge on any atom is -0.507 e. The molecule has 2 N–H and O–H groups in total. The van der Waals surface area contributed by atoms with Crippen molar-refractivity contribution in [3.63, 3.8) is 0 Å². The molecule has 0 radical (unpaired) electrons. The molecule has 0 aromatic heterocycles. The molecule has 0 spiro atoms. The number of phenolic OH excluding ortho intramolecular Hbond substituents is 1. The van der Waals surface area contributed by atoms with Gasteiger partial charge in [0.25, 0.3) is 5.91 Å². The van der Waals surface area contributed by atoms with Gasteiger partial charge in [-0.05, 0) is 35.7 Å². The number of para-hydroxylation sites is 1. The molecule has 27 heavy (non-hydrogen) atoms. The van der Waals surface area contributed by atoms with Crippen molar-refractivity contribution in [1.29, 1.82) is 0 Å². The van der Waals surface area contributed by atoms with Crippen LogP contribution in [0.1, 0.15) is 35.7 Å². The number of aromatic hydroxyl groups is 1. The molecular formula is C21H25N3O3. The van der Waals surface area contributed by atoms with E-state index in [1.54, 1.807) is 28.0 Å². The lowest BCUT2D eigenvalue weighted by molar-refractivity contribution is 0.0668. The van der Waals surface area contributed by atoms with Gasteiger partial charge in [0.15, 0.2) is 0 Å². The number of carbonyl (C=O) groups excluding carboxylic acids is 2. The molecule has 2 aromatic carbocycles. The standard InChI is InChI=1S/C21H25N3O3/c1-15(2)16-7-9-17(10-8-16)22-21(27)24-13-11-23(12-14-24)20(26)18-5-3-4-6-19(18)25/h3-10,15,25H,11-14H2,1-2H3,(H,22,27). The molecule has 1 saturated heterocycles. The number of phenols is 1. The summed E-state index contributed by atoms with van der Waals surface area (Å²) in [5.41, 5.74) is 2.28. The van der Waals surface area contributed by atoms with Gasteiger partial charge in [-0.25, -0.2) is 4.79 Å². The van der Waals surface area contributed by atoms with Crippen LogP contribution < -0.4 is 5.32 Å². The average molecular weight is 367 g/mol. The second-order valence-corrected chi connectivity index (χ2v) is 7.00. The molecular weight excluding hydrogens is 342 g/mol. The molecule has 0 saturated carbocycles. The van der Waals surface area contributed by atoms with Gasteiger partial charge in [-0.3, -0.25) is 4.79 Å². The number of nitrogens with one attached hydrogen (secondary N) is 1. The second kappa shape index (κ2) is 8.12. The van der Waals surface area contributed by atoms with E-state index in [1.807, 2.05) is 24.3 Å². The highest BCUT2D eigenvalue weighted by Crippen LogP contribution is 2.20. The molecule has 6 nitrogen and oxygen atoms in total. The number of anilines is 1. The quantitative estimate of drug-likeness (QED) is 0.872. The van der Waals surface area contributed by atoms with Gasteiger partial charge < -0.3 is 20.2 Å². The first-order chi connectivity index (χ1) is 13.0. The summed E-state index contributed by atoms with van der Waals surface area (Å²) in [6.07, 6.45) is 0. The third-order valence-corrected chi connectivity index (χ3v) is 4.82. The molecule has 3 rings (SSSR count). The molecule has 1 aliphatic heterocycles. The lowest BCUT2D eigenvalue weighted by atomic mass is 10.0. The molecule has 6 heteroatoms. The normalized spacial score (nSPS) is 14.3. The van der Waals surface area contributed by atoms with Gasteiger partial charge in [-0.1, -0.05) is 38.1 Å². The van der Waals surface area contributed by atoms with Crippen LogP contribution in [0.3, 0.4) is 0 Å². The predicted molar refractivity (Wildman–Crippen MR) is 105 cm³/mol. The van der Waals surface area contributed by atoms with Crippen LogP contribution in [-0.2, 0) is 0 Å². The zero-order valence-electron chi connectivity index (χ0n) is 15.7. The minimum absolute atomic E-state index is 0.0208. The maximum absolute atomic E-state index is 12.5. The zero-order valence-corrected chi connectivity index (χ0v) is 15.7. The number of hydrogen-bond donors (Lipinski definition) is 2. The Bertz CT molecular complexity index is 810. The maximum atomic E-state index is 12.5. The van der Waals surface area contributed by atoms with Gasteiger partial charge in [0.1, 0.15) is 5.75 Å². The Morgan fingerprint density at radius 2 is 1.52 bits per heavy atom. The summed E-state index contributed by atoms with van der Waals surface area (Å²) >= 11 is 0. The Kier molecular flexibility index (Phi) is 5.64.